The Hall–Kier alpha value is -1.64. The van der Waals surface area contributed by atoms with Crippen molar-refractivity contribution in [2.75, 3.05) is 6.61 Å². The van der Waals surface area contributed by atoms with Crippen LogP contribution in [0.5, 0.6) is 0 Å². The lowest BCUT2D eigenvalue weighted by Gasteiger charge is -2.13. The molecule has 1 saturated heterocycles. The summed E-state index contributed by atoms with van der Waals surface area (Å²) in [4.78, 5) is 12.3. The Balaban J connectivity index is 1.51. The third-order valence-electron chi connectivity index (χ3n) is 3.93. The second-order valence-corrected chi connectivity index (χ2v) is 7.63. The molecule has 0 radical (unpaired) electrons. The van der Waals surface area contributed by atoms with Crippen LogP contribution in [0.3, 0.4) is 0 Å². The quantitative estimate of drug-likeness (QED) is 0.741. The van der Waals surface area contributed by atoms with Crippen LogP contribution in [0, 0.1) is 0 Å². The van der Waals surface area contributed by atoms with Gasteiger partial charge in [0.05, 0.1) is 17.9 Å². The average Bonchev–Trinajstić information content (AvgIpc) is 3.27. The predicted molar refractivity (Wildman–Crippen MR) is 95.4 cm³/mol. The van der Waals surface area contributed by atoms with Crippen LogP contribution in [0.25, 0.3) is 0 Å². The van der Waals surface area contributed by atoms with Crippen molar-refractivity contribution in [1.82, 2.24) is 25.5 Å². The number of carbonyl (C=O) groups is 1. The molecule has 2 atom stereocenters. The molecule has 3 rings (SSSR count). The summed E-state index contributed by atoms with van der Waals surface area (Å²) in [6.07, 6.45) is 2.23. The maximum absolute atomic E-state index is 12.3. The van der Waals surface area contributed by atoms with E-state index in [0.717, 1.165) is 25.0 Å². The van der Waals surface area contributed by atoms with Gasteiger partial charge in [-0.25, -0.2) is 4.68 Å². The normalized spacial score (nSPS) is 18.2. The van der Waals surface area contributed by atoms with Crippen LogP contribution in [-0.2, 0) is 22.6 Å². The number of benzene rings is 1. The molecule has 2 heterocycles. The number of carbonyl (C=O) groups excluding carboxylic acids is 1. The van der Waals surface area contributed by atoms with E-state index in [4.69, 9.17) is 16.3 Å². The number of hydrogen-bond donors (Lipinski definition) is 1. The Morgan fingerprint density at radius 2 is 2.28 bits per heavy atom. The average molecular weight is 382 g/mol. The van der Waals surface area contributed by atoms with Crippen molar-refractivity contribution in [1.29, 1.82) is 0 Å². The Morgan fingerprint density at radius 1 is 1.48 bits per heavy atom. The van der Waals surface area contributed by atoms with Crippen molar-refractivity contribution in [2.24, 2.45) is 0 Å². The number of thioether (sulfide) groups is 1. The summed E-state index contributed by atoms with van der Waals surface area (Å²) >= 11 is 7.20. The van der Waals surface area contributed by atoms with E-state index in [9.17, 15) is 4.79 Å². The Kier molecular flexibility index (Phi) is 6.28. The summed E-state index contributed by atoms with van der Waals surface area (Å²) in [5.74, 6) is -0.0633. The van der Waals surface area contributed by atoms with Gasteiger partial charge in [0.1, 0.15) is 0 Å². The SMILES string of the molecule is CC(Sc1nnnn1CC1CCCO1)C(=O)NCc1ccc(Cl)cc1. The standard InChI is InChI=1S/C16H20ClN5O2S/c1-11(15(23)18-9-12-4-6-13(17)7-5-12)25-16-19-20-21-22(16)10-14-3-2-8-24-14/h4-7,11,14H,2-3,8-10H2,1H3,(H,18,23). The molecule has 7 nitrogen and oxygen atoms in total. The van der Waals surface area contributed by atoms with Crippen molar-refractivity contribution in [3.8, 4) is 0 Å². The summed E-state index contributed by atoms with van der Waals surface area (Å²) in [5, 5.41) is 15.7. The number of nitrogens with zero attached hydrogens (tertiary/aromatic N) is 4. The van der Waals surface area contributed by atoms with Crippen molar-refractivity contribution >= 4 is 29.3 Å². The van der Waals surface area contributed by atoms with Gasteiger partial charge < -0.3 is 10.1 Å². The highest BCUT2D eigenvalue weighted by atomic mass is 35.5. The van der Waals surface area contributed by atoms with E-state index in [2.05, 4.69) is 20.8 Å². The first-order valence-corrected chi connectivity index (χ1v) is 9.44. The van der Waals surface area contributed by atoms with Gasteiger partial charge in [0, 0.05) is 18.2 Å². The summed E-state index contributed by atoms with van der Waals surface area (Å²) < 4.78 is 7.33. The molecule has 0 aliphatic carbocycles. The number of tetrazole rings is 1. The molecule has 1 aliphatic heterocycles. The van der Waals surface area contributed by atoms with Gasteiger partial charge in [0.2, 0.25) is 11.1 Å². The van der Waals surface area contributed by atoms with Crippen LogP contribution in [0.1, 0.15) is 25.3 Å². The number of halogens is 1. The van der Waals surface area contributed by atoms with Crippen molar-refractivity contribution in [2.45, 2.75) is 49.4 Å². The minimum absolute atomic E-state index is 0.0633. The highest BCUT2D eigenvalue weighted by molar-refractivity contribution is 8.00. The molecular weight excluding hydrogens is 362 g/mol. The minimum Gasteiger partial charge on any atom is -0.376 e. The largest absolute Gasteiger partial charge is 0.376 e. The number of rotatable bonds is 7. The smallest absolute Gasteiger partial charge is 0.233 e. The number of hydrogen-bond acceptors (Lipinski definition) is 6. The predicted octanol–water partition coefficient (Wildman–Crippen LogP) is 2.30. The number of ether oxygens (including phenoxy) is 1. The Labute approximate surface area is 155 Å². The summed E-state index contributed by atoms with van der Waals surface area (Å²) in [6.45, 7) is 3.71. The van der Waals surface area contributed by atoms with E-state index < -0.39 is 0 Å². The van der Waals surface area contributed by atoms with Gasteiger partial charge in [0.25, 0.3) is 0 Å². The second-order valence-electron chi connectivity index (χ2n) is 5.88. The molecule has 1 aromatic heterocycles. The Morgan fingerprint density at radius 3 is 3.00 bits per heavy atom. The van der Waals surface area contributed by atoms with Crippen molar-refractivity contribution in [3.63, 3.8) is 0 Å². The molecule has 0 saturated carbocycles. The molecule has 1 aromatic carbocycles. The van der Waals surface area contributed by atoms with Crippen LogP contribution in [-0.4, -0.2) is 44.1 Å². The molecule has 0 spiro atoms. The molecule has 134 valence electrons. The molecular formula is C16H20ClN5O2S. The summed E-state index contributed by atoms with van der Waals surface area (Å²) in [7, 11) is 0. The zero-order chi connectivity index (χ0) is 17.6. The number of amides is 1. The fourth-order valence-corrected chi connectivity index (χ4v) is 3.47. The van der Waals surface area contributed by atoms with Gasteiger partial charge in [-0.2, -0.15) is 0 Å². The zero-order valence-electron chi connectivity index (χ0n) is 13.9. The highest BCUT2D eigenvalue weighted by Crippen LogP contribution is 2.22. The van der Waals surface area contributed by atoms with E-state index in [1.165, 1.54) is 11.8 Å². The first-order chi connectivity index (χ1) is 12.1. The summed E-state index contributed by atoms with van der Waals surface area (Å²) in [6, 6.07) is 7.39. The topological polar surface area (TPSA) is 81.9 Å². The number of aromatic nitrogens is 4. The first kappa shape index (κ1) is 18.2. The summed E-state index contributed by atoms with van der Waals surface area (Å²) in [5.41, 5.74) is 0.998. The molecule has 2 unspecified atom stereocenters. The van der Waals surface area contributed by atoms with E-state index >= 15 is 0 Å². The third-order valence-corrected chi connectivity index (χ3v) is 5.25. The van der Waals surface area contributed by atoms with E-state index in [-0.39, 0.29) is 17.3 Å². The molecule has 0 bridgehead atoms. The van der Waals surface area contributed by atoms with Crippen LogP contribution < -0.4 is 5.32 Å². The molecule has 1 aliphatic rings. The molecule has 2 aromatic rings. The lowest BCUT2D eigenvalue weighted by Crippen LogP contribution is -2.30. The zero-order valence-corrected chi connectivity index (χ0v) is 15.5. The monoisotopic (exact) mass is 381 g/mol. The van der Waals surface area contributed by atoms with Gasteiger partial charge in [-0.1, -0.05) is 35.5 Å². The van der Waals surface area contributed by atoms with Crippen molar-refractivity contribution in [3.05, 3.63) is 34.9 Å². The minimum atomic E-state index is -0.304. The third kappa shape index (κ3) is 5.17. The lowest BCUT2D eigenvalue weighted by molar-refractivity contribution is -0.120. The number of nitrogens with one attached hydrogen (secondary N) is 1. The lowest BCUT2D eigenvalue weighted by atomic mass is 10.2. The van der Waals surface area contributed by atoms with E-state index in [0.29, 0.717) is 23.3 Å². The molecule has 1 N–H and O–H groups in total. The van der Waals surface area contributed by atoms with Gasteiger partial charge in [0.15, 0.2) is 0 Å². The highest BCUT2D eigenvalue weighted by Gasteiger charge is 2.22. The Bertz CT molecular complexity index is 703. The molecule has 1 amide bonds. The van der Waals surface area contributed by atoms with Crippen LogP contribution in [0.15, 0.2) is 29.4 Å². The van der Waals surface area contributed by atoms with E-state index in [1.807, 2.05) is 19.1 Å². The molecule has 25 heavy (non-hydrogen) atoms. The van der Waals surface area contributed by atoms with Crippen molar-refractivity contribution < 1.29 is 9.53 Å². The van der Waals surface area contributed by atoms with Gasteiger partial charge in [-0.05, 0) is 47.9 Å². The molecule has 9 heteroatoms. The van der Waals surface area contributed by atoms with Gasteiger partial charge >= 0.3 is 0 Å². The fourth-order valence-electron chi connectivity index (χ4n) is 2.52. The van der Waals surface area contributed by atoms with Crippen LogP contribution in [0.2, 0.25) is 5.02 Å². The van der Waals surface area contributed by atoms with Gasteiger partial charge in [-0.3, -0.25) is 4.79 Å². The maximum atomic E-state index is 12.3. The molecule has 1 fully saturated rings. The van der Waals surface area contributed by atoms with Crippen LogP contribution >= 0.6 is 23.4 Å². The first-order valence-electron chi connectivity index (χ1n) is 8.18. The second kappa shape index (κ2) is 8.64. The van der Waals surface area contributed by atoms with E-state index in [1.54, 1.807) is 16.8 Å². The fraction of sp³-hybridized carbons (Fsp3) is 0.500. The van der Waals surface area contributed by atoms with Crippen LogP contribution in [0.4, 0.5) is 0 Å². The van der Waals surface area contributed by atoms with Gasteiger partial charge in [-0.15, -0.1) is 5.10 Å². The maximum Gasteiger partial charge on any atom is 0.233 e.